The molecule has 0 spiro atoms. The van der Waals surface area contributed by atoms with Gasteiger partial charge in [0.15, 0.2) is 4.75 Å². The second kappa shape index (κ2) is 7.87. The molecule has 5 nitrogen and oxygen atoms in total. The van der Waals surface area contributed by atoms with E-state index in [-0.39, 0.29) is 31.8 Å². The number of halogens is 4. The van der Waals surface area contributed by atoms with E-state index in [1.807, 2.05) is 0 Å². The van der Waals surface area contributed by atoms with E-state index in [2.05, 4.69) is 0 Å². The number of para-hydroxylation sites is 1. The van der Waals surface area contributed by atoms with Crippen LogP contribution in [0.3, 0.4) is 0 Å². The van der Waals surface area contributed by atoms with Gasteiger partial charge < -0.3 is 10.2 Å². The number of aromatic hydroxyl groups is 2. The maximum atomic E-state index is 13.0. The Kier molecular flexibility index (Phi) is 5.98. The predicted molar refractivity (Wildman–Crippen MR) is 114 cm³/mol. The molecule has 3 aromatic rings. The number of phenols is 2. The Morgan fingerprint density at radius 1 is 0.759 bits per heavy atom. The van der Waals surface area contributed by atoms with Gasteiger partial charge in [-0.05, 0) is 29.8 Å². The third kappa shape index (κ3) is 3.54. The van der Waals surface area contributed by atoms with Crippen LogP contribution in [0, 0.1) is 0 Å². The molecule has 152 valence electrons. The highest BCUT2D eigenvalue weighted by Gasteiger charge is 2.51. The summed E-state index contributed by atoms with van der Waals surface area (Å²) >= 11 is 24.3. The van der Waals surface area contributed by atoms with Crippen molar-refractivity contribution in [3.63, 3.8) is 0 Å². The lowest BCUT2D eigenvalue weighted by Crippen LogP contribution is -2.38. The molecule has 0 radical (unpaired) electrons. The molecule has 0 fully saturated rings. The molecule has 0 aliphatic carbocycles. The summed E-state index contributed by atoms with van der Waals surface area (Å²) in [6, 6.07) is 11.9. The van der Waals surface area contributed by atoms with Crippen LogP contribution in [0.4, 0.5) is 0 Å². The van der Waals surface area contributed by atoms with Crippen LogP contribution in [-0.2, 0) is 14.9 Å². The summed E-state index contributed by atoms with van der Waals surface area (Å²) in [5.41, 5.74) is -0.464. The first-order valence-corrected chi connectivity index (χ1v) is 10.9. The van der Waals surface area contributed by atoms with Gasteiger partial charge in [-0.25, -0.2) is 0 Å². The highest BCUT2D eigenvalue weighted by molar-refractivity contribution is 7.87. The highest BCUT2D eigenvalue weighted by atomic mass is 35.5. The van der Waals surface area contributed by atoms with Crippen molar-refractivity contribution in [1.29, 1.82) is 0 Å². The average Bonchev–Trinajstić information content (AvgIpc) is 2.65. The highest BCUT2D eigenvalue weighted by Crippen LogP contribution is 2.52. The lowest BCUT2D eigenvalue weighted by atomic mass is 9.83. The minimum Gasteiger partial charge on any atom is -0.506 e. The van der Waals surface area contributed by atoms with Gasteiger partial charge in [0.05, 0.1) is 10.0 Å². The van der Waals surface area contributed by atoms with Crippen molar-refractivity contribution < 1.29 is 23.2 Å². The fourth-order valence-electron chi connectivity index (χ4n) is 3.18. The maximum Gasteiger partial charge on any atom is 0.283 e. The van der Waals surface area contributed by atoms with Gasteiger partial charge in [-0.3, -0.25) is 4.55 Å². The number of benzene rings is 3. The van der Waals surface area contributed by atoms with Crippen LogP contribution in [0.1, 0.15) is 16.7 Å². The third-order valence-electron chi connectivity index (χ3n) is 4.44. The molecule has 10 heteroatoms. The molecule has 0 amide bonds. The molecule has 0 bridgehead atoms. The lowest BCUT2D eigenvalue weighted by Gasteiger charge is -2.34. The summed E-state index contributed by atoms with van der Waals surface area (Å²) in [6.45, 7) is 0. The molecule has 3 rings (SSSR count). The Labute approximate surface area is 186 Å². The van der Waals surface area contributed by atoms with Crippen molar-refractivity contribution in [2.24, 2.45) is 0 Å². The Hall–Kier alpha value is -1.67. The van der Waals surface area contributed by atoms with Crippen molar-refractivity contribution in [3.8, 4) is 11.5 Å². The van der Waals surface area contributed by atoms with E-state index in [1.165, 1.54) is 48.5 Å². The first-order chi connectivity index (χ1) is 13.5. The van der Waals surface area contributed by atoms with Gasteiger partial charge in [0.25, 0.3) is 10.1 Å². The van der Waals surface area contributed by atoms with Gasteiger partial charge in [0.2, 0.25) is 0 Å². The minimum atomic E-state index is -5.08. The molecule has 29 heavy (non-hydrogen) atoms. The number of hydrogen-bond donors (Lipinski definition) is 3. The zero-order valence-electron chi connectivity index (χ0n) is 14.3. The molecule has 0 saturated carbocycles. The van der Waals surface area contributed by atoms with E-state index < -0.39 is 26.4 Å². The van der Waals surface area contributed by atoms with E-state index >= 15 is 0 Å². The third-order valence-corrected chi connectivity index (χ3v) is 7.32. The number of hydrogen-bond acceptors (Lipinski definition) is 4. The zero-order valence-corrected chi connectivity index (χ0v) is 18.1. The van der Waals surface area contributed by atoms with Crippen molar-refractivity contribution in [3.05, 3.63) is 91.4 Å². The van der Waals surface area contributed by atoms with Crippen LogP contribution < -0.4 is 0 Å². The molecule has 3 N–H and O–H groups in total. The summed E-state index contributed by atoms with van der Waals surface area (Å²) in [6.07, 6.45) is 0. The number of rotatable bonds is 4. The van der Waals surface area contributed by atoms with Gasteiger partial charge in [0, 0.05) is 16.1 Å². The Bertz CT molecular complexity index is 1200. The smallest absolute Gasteiger partial charge is 0.283 e. The van der Waals surface area contributed by atoms with Crippen molar-refractivity contribution in [2.45, 2.75) is 4.75 Å². The van der Waals surface area contributed by atoms with Crippen LogP contribution >= 0.6 is 46.4 Å². The van der Waals surface area contributed by atoms with Crippen LogP contribution in [0.15, 0.2) is 54.6 Å². The standard InChI is InChI=1S/C19H12Cl4O5S/c20-11-6-4-10(5-7-11)19(29(26,27)28,13-2-1-3-14(21)18(13)25)12-8-9-15(24)17(23)16(12)22/h1-9,24-25H,(H,26,27,28). The normalized spacial score (nSPS) is 13.8. The van der Waals surface area contributed by atoms with E-state index in [1.54, 1.807) is 0 Å². The summed E-state index contributed by atoms with van der Waals surface area (Å²) in [4.78, 5) is 0. The topological polar surface area (TPSA) is 94.8 Å². The van der Waals surface area contributed by atoms with Gasteiger partial charge in [-0.2, -0.15) is 8.42 Å². The Morgan fingerprint density at radius 2 is 1.38 bits per heavy atom. The van der Waals surface area contributed by atoms with Crippen LogP contribution in [-0.4, -0.2) is 23.2 Å². The Morgan fingerprint density at radius 3 is 1.97 bits per heavy atom. The van der Waals surface area contributed by atoms with Crippen LogP contribution in [0.25, 0.3) is 0 Å². The zero-order chi connectivity index (χ0) is 21.6. The summed E-state index contributed by atoms with van der Waals surface area (Å²) in [7, 11) is -5.08. The first-order valence-electron chi connectivity index (χ1n) is 7.90. The molecule has 0 heterocycles. The summed E-state index contributed by atoms with van der Waals surface area (Å²) in [5.74, 6) is -0.974. The van der Waals surface area contributed by atoms with E-state index in [0.29, 0.717) is 5.02 Å². The summed E-state index contributed by atoms with van der Waals surface area (Å²) < 4.78 is 34.0. The predicted octanol–water partition coefficient (Wildman–Crippen LogP) is 5.89. The summed E-state index contributed by atoms with van der Waals surface area (Å²) in [5, 5.41) is 20.0. The lowest BCUT2D eigenvalue weighted by molar-refractivity contribution is 0.440. The van der Waals surface area contributed by atoms with Crippen LogP contribution in [0.5, 0.6) is 11.5 Å². The monoisotopic (exact) mass is 492 g/mol. The molecule has 0 aromatic heterocycles. The van der Waals surface area contributed by atoms with Gasteiger partial charge in [0.1, 0.15) is 16.5 Å². The molecule has 1 atom stereocenters. The first kappa shape index (κ1) is 22.0. The molecule has 3 aromatic carbocycles. The molecule has 0 saturated heterocycles. The quantitative estimate of drug-likeness (QED) is 0.311. The molecule has 0 aliphatic rings. The van der Waals surface area contributed by atoms with E-state index in [9.17, 15) is 23.2 Å². The fourth-order valence-corrected chi connectivity index (χ4v) is 5.33. The molecule has 0 aliphatic heterocycles. The second-order valence-corrected chi connectivity index (χ2v) is 9.22. The molecular formula is C19H12Cl4O5S. The van der Waals surface area contributed by atoms with Gasteiger partial charge in [-0.15, -0.1) is 0 Å². The van der Waals surface area contributed by atoms with Gasteiger partial charge >= 0.3 is 0 Å². The number of phenolic OH excluding ortho intramolecular Hbond substituents is 2. The average molecular weight is 494 g/mol. The fraction of sp³-hybridized carbons (Fsp3) is 0.0526. The van der Waals surface area contributed by atoms with Crippen LogP contribution in [0.2, 0.25) is 20.1 Å². The van der Waals surface area contributed by atoms with Gasteiger partial charge in [-0.1, -0.05) is 76.7 Å². The molecule has 1 unspecified atom stereocenters. The largest absolute Gasteiger partial charge is 0.506 e. The molecular weight excluding hydrogens is 482 g/mol. The maximum absolute atomic E-state index is 13.0. The van der Waals surface area contributed by atoms with E-state index in [0.717, 1.165) is 6.07 Å². The van der Waals surface area contributed by atoms with Crippen molar-refractivity contribution in [2.75, 3.05) is 0 Å². The SMILES string of the molecule is O=S(=O)(O)C(c1ccc(Cl)cc1)(c1cccc(Cl)c1O)c1ccc(O)c(Cl)c1Cl. The van der Waals surface area contributed by atoms with E-state index in [4.69, 9.17) is 46.4 Å². The van der Waals surface area contributed by atoms with Crippen molar-refractivity contribution in [1.82, 2.24) is 0 Å². The minimum absolute atomic E-state index is 0.00521. The second-order valence-electron chi connectivity index (χ2n) is 6.06. The van der Waals surface area contributed by atoms with Crippen molar-refractivity contribution >= 4 is 56.5 Å². The Balaban J connectivity index is 2.61.